The Hall–Kier alpha value is -3.72. The van der Waals surface area contributed by atoms with Gasteiger partial charge < -0.3 is 110 Å². The second kappa shape index (κ2) is 34.1. The zero-order chi connectivity index (χ0) is 61.9. The topological polar surface area (TPSA) is 402 Å². The number of piperazine rings is 1. The van der Waals surface area contributed by atoms with Crippen LogP contribution >= 0.6 is 0 Å². The molecule has 5 rings (SSSR count). The minimum atomic E-state index is -2.47. The molecule has 0 aliphatic carbocycles. The van der Waals surface area contributed by atoms with Gasteiger partial charge in [0, 0.05) is 70.2 Å². The average molecular weight is 1200 g/mol. The molecule has 0 radical (unpaired) electrons. The zero-order valence-corrected chi connectivity index (χ0v) is 48.5. The number of carbonyl (C=O) groups excluding carboxylic acids is 2. The molecule has 478 valence electrons. The molecule has 23 atom stereocenters. The molecule has 0 aromatic heterocycles. The summed E-state index contributed by atoms with van der Waals surface area (Å²) in [4.78, 5) is 30.9. The minimum Gasteiger partial charge on any atom is -0.462 e. The summed E-state index contributed by atoms with van der Waals surface area (Å²) in [5, 5.41) is 167. The molecule has 4 saturated heterocycles. The first-order valence-corrected chi connectivity index (χ1v) is 29.2. The van der Waals surface area contributed by atoms with Gasteiger partial charge in [-0.2, -0.15) is 0 Å². The molecule has 5 aliphatic rings. The van der Waals surface area contributed by atoms with Crippen LogP contribution in [0.25, 0.3) is 0 Å². The van der Waals surface area contributed by atoms with Crippen molar-refractivity contribution in [2.75, 3.05) is 52.5 Å². The van der Waals surface area contributed by atoms with Gasteiger partial charge in [-0.15, -0.1) is 0 Å². The molecule has 0 aromatic rings. The van der Waals surface area contributed by atoms with Gasteiger partial charge in [0.25, 0.3) is 0 Å². The number of hydrogen-bond acceptors (Lipinski definition) is 24. The van der Waals surface area contributed by atoms with Crippen LogP contribution in [0.15, 0.2) is 85.1 Å². The number of esters is 1. The van der Waals surface area contributed by atoms with E-state index in [0.717, 1.165) is 0 Å². The zero-order valence-electron chi connectivity index (χ0n) is 48.5. The van der Waals surface area contributed by atoms with Gasteiger partial charge in [0.05, 0.1) is 105 Å². The van der Waals surface area contributed by atoms with E-state index < -0.39 is 184 Å². The van der Waals surface area contributed by atoms with Crippen molar-refractivity contribution < 1.29 is 110 Å². The van der Waals surface area contributed by atoms with Crippen LogP contribution in [0.4, 0.5) is 0 Å². The predicted octanol–water partition coefficient (Wildman–Crippen LogP) is -2.80. The molecule has 5 heterocycles. The quantitative estimate of drug-likeness (QED) is 0.109. The number of cyclic esters (lactones) is 1. The lowest BCUT2D eigenvalue weighted by Crippen LogP contribution is -2.69. The number of nitrogens with zero attached hydrogens (tertiary/aromatic N) is 2. The number of allylic oxidation sites excluding steroid dienone is 12. The monoisotopic (exact) mass is 1200 g/mol. The number of amides is 1. The van der Waals surface area contributed by atoms with E-state index in [0.29, 0.717) is 19.6 Å². The van der Waals surface area contributed by atoms with E-state index in [2.05, 4.69) is 5.32 Å². The van der Waals surface area contributed by atoms with Crippen LogP contribution in [-0.2, 0) is 33.3 Å². The van der Waals surface area contributed by atoms with Crippen molar-refractivity contribution in [3.8, 4) is 0 Å². The third kappa shape index (κ3) is 21.3. The van der Waals surface area contributed by atoms with E-state index in [1.54, 1.807) is 86.8 Å². The Labute approximate surface area is 491 Å². The first kappa shape index (κ1) is 71.0. The standard InChI is InChI=1S/C59H95N3O22/c1-35-17-15-13-11-9-7-5-6-8-10-12-14-16-18-42(83-57-54(75)50(52(73)38(4)82-57)60-34-59(79)55(76)53(74)46(70)33-80-59)30-47-49(56(77)62-23-21-61(22-24-62)25-26-63)45(69)32-58(78,84-47)31-41(66)28-44(68)43(67)20-19-39(64)27-40(65)29-48(71)81-37(3)36(2)51(35)72/h5-18,35-47,49-55,57,60,63-70,72-76,78-79H,19-34H2,1-4H3/b6-5+,9-7+,10-8+,13-11+,14-12+,17-15-,18-16+/t35-,36?,37-,38+,39+,40+,41-,42-,43-,44+,45-,46+,47?,49?,50-,51+,52+,53+,54-,55-,57-,58+,59+/m0/s1. The number of fused-ring (bicyclic) bond motifs is 2. The first-order chi connectivity index (χ1) is 39.8. The van der Waals surface area contributed by atoms with Crippen molar-refractivity contribution in [3.05, 3.63) is 85.1 Å². The lowest BCUT2D eigenvalue weighted by atomic mass is 9.81. The Kier molecular flexibility index (Phi) is 28.9. The van der Waals surface area contributed by atoms with Gasteiger partial charge in [-0.25, -0.2) is 0 Å². The molecule has 25 heteroatoms. The van der Waals surface area contributed by atoms with Gasteiger partial charge in [-0.1, -0.05) is 98.9 Å². The van der Waals surface area contributed by atoms with Gasteiger partial charge in [0.1, 0.15) is 30.5 Å². The summed E-state index contributed by atoms with van der Waals surface area (Å²) in [6.45, 7) is 7.01. The van der Waals surface area contributed by atoms with E-state index in [-0.39, 0.29) is 51.3 Å². The summed E-state index contributed by atoms with van der Waals surface area (Å²) < 4.78 is 29.6. The number of hydrogen-bond donors (Lipinski definition) is 16. The van der Waals surface area contributed by atoms with Crippen LogP contribution in [0.5, 0.6) is 0 Å². The minimum absolute atomic E-state index is 0.0956. The molecule has 3 unspecified atom stereocenters. The molecular formula is C59H95N3O22. The maximum atomic E-state index is 14.6. The first-order valence-electron chi connectivity index (χ1n) is 29.2. The predicted molar refractivity (Wildman–Crippen MR) is 302 cm³/mol. The number of aliphatic hydroxyl groups excluding tert-OH is 13. The largest absolute Gasteiger partial charge is 0.462 e. The molecule has 1 amide bonds. The van der Waals surface area contributed by atoms with Crippen LogP contribution in [0.3, 0.4) is 0 Å². The Morgan fingerprint density at radius 3 is 1.88 bits per heavy atom. The summed E-state index contributed by atoms with van der Waals surface area (Å²) in [6, 6.07) is -1.35. The van der Waals surface area contributed by atoms with Crippen molar-refractivity contribution in [2.24, 2.45) is 17.8 Å². The second-order valence-corrected chi connectivity index (χ2v) is 23.1. The third-order valence-electron chi connectivity index (χ3n) is 16.3. The lowest BCUT2D eigenvalue weighted by Gasteiger charge is -2.48. The van der Waals surface area contributed by atoms with Gasteiger partial charge in [-0.3, -0.25) is 14.5 Å². The number of carbonyl (C=O) groups is 2. The van der Waals surface area contributed by atoms with Crippen LogP contribution in [0.2, 0.25) is 0 Å². The molecule has 25 nitrogen and oxygen atoms in total. The molecule has 84 heavy (non-hydrogen) atoms. The second-order valence-electron chi connectivity index (χ2n) is 23.1. The van der Waals surface area contributed by atoms with Crippen LogP contribution in [0, 0.1) is 17.8 Å². The average Bonchev–Trinajstić information content (AvgIpc) is 2.40. The molecular weight excluding hydrogens is 1100 g/mol. The highest BCUT2D eigenvalue weighted by Crippen LogP contribution is 2.39. The van der Waals surface area contributed by atoms with Crippen LogP contribution < -0.4 is 5.32 Å². The lowest BCUT2D eigenvalue weighted by molar-refractivity contribution is -0.323. The smallest absolute Gasteiger partial charge is 0.308 e. The Bertz CT molecular complexity index is 2210. The Morgan fingerprint density at radius 2 is 1.26 bits per heavy atom. The van der Waals surface area contributed by atoms with E-state index in [9.17, 15) is 86.2 Å². The summed E-state index contributed by atoms with van der Waals surface area (Å²) in [5.41, 5.74) is 0. The molecule has 5 aliphatic heterocycles. The van der Waals surface area contributed by atoms with Crippen molar-refractivity contribution >= 4 is 11.9 Å². The summed E-state index contributed by atoms with van der Waals surface area (Å²) in [5.74, 6) is -8.28. The van der Waals surface area contributed by atoms with Crippen molar-refractivity contribution in [1.82, 2.24) is 15.1 Å². The third-order valence-corrected chi connectivity index (χ3v) is 16.3. The van der Waals surface area contributed by atoms with Crippen molar-refractivity contribution in [3.63, 3.8) is 0 Å². The fraction of sp³-hybridized carbons (Fsp3) is 0.729. The summed E-state index contributed by atoms with van der Waals surface area (Å²) in [7, 11) is 0. The molecule has 0 saturated carbocycles. The van der Waals surface area contributed by atoms with E-state index in [1.165, 1.54) is 17.9 Å². The number of rotatable bonds is 8. The SMILES string of the molecule is CC1[C@H](C)OC(=O)C[C@H](O)C[C@H](O)CC[C@H](O)[C@H](O)C[C@H](O)C[C@]2(O)C[C@H](O)C(C(=O)N3CCN(CCO)CC3)C(C[C@@H](O[C@@H]3O[C@H](C)[C@@H](O)[C@H](NC[C@@]4(O)OC[C@@H](O)[C@@H](O)[C@@H]4O)[C@@H]3O)/C=C/C=C/C=C/C=C/C=C/C=C/C=C\[C@H](C)[C@H]1O)O2. The van der Waals surface area contributed by atoms with Crippen LogP contribution in [0.1, 0.15) is 79.1 Å². The molecule has 0 spiro atoms. The van der Waals surface area contributed by atoms with Crippen molar-refractivity contribution in [1.29, 1.82) is 0 Å². The summed E-state index contributed by atoms with van der Waals surface area (Å²) in [6.07, 6.45) is -3.19. The highest BCUT2D eigenvalue weighted by Gasteiger charge is 2.53. The van der Waals surface area contributed by atoms with E-state index in [1.807, 2.05) is 17.9 Å². The fourth-order valence-corrected chi connectivity index (χ4v) is 11.0. The number of ether oxygens (including phenoxy) is 5. The van der Waals surface area contributed by atoms with Gasteiger partial charge in [0.15, 0.2) is 12.1 Å². The van der Waals surface area contributed by atoms with E-state index in [4.69, 9.17) is 23.7 Å². The fourth-order valence-electron chi connectivity index (χ4n) is 11.0. The Morgan fingerprint density at radius 1 is 0.655 bits per heavy atom. The molecule has 4 fully saturated rings. The van der Waals surface area contributed by atoms with E-state index >= 15 is 0 Å². The Balaban J connectivity index is 1.44. The van der Waals surface area contributed by atoms with Gasteiger partial charge >= 0.3 is 5.97 Å². The maximum Gasteiger partial charge on any atom is 0.308 e. The van der Waals surface area contributed by atoms with Crippen molar-refractivity contribution in [2.45, 2.75) is 201 Å². The molecule has 0 aromatic carbocycles. The molecule has 2 bridgehead atoms. The maximum absolute atomic E-state index is 14.6. The highest BCUT2D eigenvalue weighted by atomic mass is 16.7. The number of nitrogens with one attached hydrogen (secondary N) is 1. The number of aliphatic hydroxyl groups is 15. The van der Waals surface area contributed by atoms with Crippen LogP contribution in [-0.4, -0.2) is 272 Å². The molecule has 16 N–H and O–H groups in total. The van der Waals surface area contributed by atoms with Gasteiger partial charge in [0.2, 0.25) is 11.7 Å². The number of β-amino-alcohol motifs (C(OH)–C–C–N with tert-alkyl or cyclic N) is 1. The normalized spacial score (nSPS) is 44.8. The highest BCUT2D eigenvalue weighted by molar-refractivity contribution is 5.80. The van der Waals surface area contributed by atoms with Gasteiger partial charge in [-0.05, 0) is 33.1 Å². The summed E-state index contributed by atoms with van der Waals surface area (Å²) >= 11 is 0.